The molecule has 0 aliphatic carbocycles. The summed E-state index contributed by atoms with van der Waals surface area (Å²) in [7, 11) is 0. The fraction of sp³-hybridized carbons (Fsp3) is 0.133. The number of halogens is 3. The molecule has 0 atom stereocenters. The highest BCUT2D eigenvalue weighted by Crippen LogP contribution is 2.21. The predicted octanol–water partition coefficient (Wildman–Crippen LogP) is 4.40. The number of Topliss-reactive ketones (excluding diaryl/α,β-unsaturated/α-hetero) is 1. The van der Waals surface area contributed by atoms with Gasteiger partial charge in [0.15, 0.2) is 17.3 Å². The van der Waals surface area contributed by atoms with Crippen LogP contribution in [0.4, 0.5) is 8.78 Å². The Morgan fingerprint density at radius 1 is 1.15 bits per heavy atom. The maximum absolute atomic E-state index is 13.7. The Labute approximate surface area is 119 Å². The van der Waals surface area contributed by atoms with Crippen molar-refractivity contribution < 1.29 is 18.3 Å². The molecule has 0 N–H and O–H groups in total. The Hall–Kier alpha value is -1.94. The van der Waals surface area contributed by atoms with Gasteiger partial charge >= 0.3 is 0 Å². The van der Waals surface area contributed by atoms with Crippen LogP contribution in [0.1, 0.15) is 22.8 Å². The average Bonchev–Trinajstić information content (AvgIpc) is 2.41. The molecule has 0 amide bonds. The highest BCUT2D eigenvalue weighted by Gasteiger charge is 2.08. The van der Waals surface area contributed by atoms with Crippen molar-refractivity contribution in [2.75, 3.05) is 0 Å². The third-order valence-corrected chi connectivity index (χ3v) is 3.02. The van der Waals surface area contributed by atoms with E-state index in [1.54, 1.807) is 6.07 Å². The number of carbonyl (C=O) groups excluding carboxylic acids is 1. The zero-order chi connectivity index (χ0) is 14.7. The summed E-state index contributed by atoms with van der Waals surface area (Å²) in [6, 6.07) is 8.18. The highest BCUT2D eigenvalue weighted by atomic mass is 35.5. The van der Waals surface area contributed by atoms with Crippen molar-refractivity contribution in [2.45, 2.75) is 13.5 Å². The SMILES string of the molecule is CC(=O)c1ccc(OCc2ccc(Cl)c(F)c2)c(F)c1. The van der Waals surface area contributed by atoms with Crippen molar-refractivity contribution in [1.82, 2.24) is 0 Å². The zero-order valence-corrected chi connectivity index (χ0v) is 11.4. The van der Waals surface area contributed by atoms with Gasteiger partial charge in [-0.2, -0.15) is 0 Å². The third-order valence-electron chi connectivity index (χ3n) is 2.72. The number of hydrogen-bond donors (Lipinski definition) is 0. The lowest BCUT2D eigenvalue weighted by Gasteiger charge is -2.08. The minimum atomic E-state index is -0.632. The largest absolute Gasteiger partial charge is 0.486 e. The van der Waals surface area contributed by atoms with Crippen molar-refractivity contribution in [3.05, 3.63) is 64.2 Å². The van der Waals surface area contributed by atoms with E-state index in [1.165, 1.54) is 31.2 Å². The van der Waals surface area contributed by atoms with Crippen LogP contribution < -0.4 is 4.74 Å². The van der Waals surface area contributed by atoms with E-state index in [2.05, 4.69) is 0 Å². The predicted molar refractivity (Wildman–Crippen MR) is 72.1 cm³/mol. The Bertz CT molecular complexity index is 656. The van der Waals surface area contributed by atoms with Crippen LogP contribution in [0.25, 0.3) is 0 Å². The number of carbonyl (C=O) groups is 1. The van der Waals surface area contributed by atoms with E-state index in [0.717, 1.165) is 6.07 Å². The van der Waals surface area contributed by atoms with E-state index in [1.807, 2.05) is 0 Å². The molecule has 0 saturated carbocycles. The Morgan fingerprint density at radius 3 is 2.50 bits per heavy atom. The summed E-state index contributed by atoms with van der Waals surface area (Å²) in [5.41, 5.74) is 0.800. The highest BCUT2D eigenvalue weighted by molar-refractivity contribution is 6.30. The molecular weight excluding hydrogens is 286 g/mol. The van der Waals surface area contributed by atoms with Gasteiger partial charge in [-0.05, 0) is 42.8 Å². The molecule has 2 aromatic carbocycles. The molecule has 0 aromatic heterocycles. The van der Waals surface area contributed by atoms with Crippen molar-refractivity contribution in [1.29, 1.82) is 0 Å². The van der Waals surface area contributed by atoms with Gasteiger partial charge in [0, 0.05) is 5.56 Å². The molecule has 0 aliphatic heterocycles. The van der Waals surface area contributed by atoms with Gasteiger partial charge in [-0.25, -0.2) is 8.78 Å². The molecule has 20 heavy (non-hydrogen) atoms. The van der Waals surface area contributed by atoms with Gasteiger partial charge in [-0.1, -0.05) is 17.7 Å². The molecule has 0 saturated heterocycles. The van der Waals surface area contributed by atoms with Gasteiger partial charge in [0.1, 0.15) is 12.4 Å². The van der Waals surface area contributed by atoms with Crippen LogP contribution in [0, 0.1) is 11.6 Å². The fourth-order valence-corrected chi connectivity index (χ4v) is 1.74. The number of benzene rings is 2. The van der Waals surface area contributed by atoms with Gasteiger partial charge < -0.3 is 4.74 Å². The molecule has 0 unspecified atom stereocenters. The van der Waals surface area contributed by atoms with Crippen molar-refractivity contribution >= 4 is 17.4 Å². The molecule has 2 aromatic rings. The normalized spacial score (nSPS) is 10.4. The molecule has 0 fully saturated rings. The minimum absolute atomic E-state index is 0.00439. The first-order valence-corrected chi connectivity index (χ1v) is 6.22. The third kappa shape index (κ3) is 3.33. The van der Waals surface area contributed by atoms with Crippen LogP contribution in [-0.2, 0) is 6.61 Å². The van der Waals surface area contributed by atoms with E-state index in [-0.39, 0.29) is 28.7 Å². The molecule has 0 heterocycles. The second-order valence-electron chi connectivity index (χ2n) is 4.24. The monoisotopic (exact) mass is 296 g/mol. The summed E-state index contributed by atoms with van der Waals surface area (Å²) in [6.07, 6.45) is 0. The summed E-state index contributed by atoms with van der Waals surface area (Å²) in [5, 5.41) is 0.0192. The van der Waals surface area contributed by atoms with Crippen LogP contribution in [0.2, 0.25) is 5.02 Å². The summed E-state index contributed by atoms with van der Waals surface area (Å²) in [5.74, 6) is -1.41. The lowest BCUT2D eigenvalue weighted by atomic mass is 10.1. The maximum atomic E-state index is 13.7. The van der Waals surface area contributed by atoms with Gasteiger partial charge in [0.2, 0.25) is 0 Å². The summed E-state index contributed by atoms with van der Waals surface area (Å²) < 4.78 is 32.2. The molecule has 2 rings (SSSR count). The second kappa shape index (κ2) is 6.01. The first-order valence-electron chi connectivity index (χ1n) is 5.84. The lowest BCUT2D eigenvalue weighted by Crippen LogP contribution is -2.00. The van der Waals surface area contributed by atoms with E-state index in [9.17, 15) is 13.6 Å². The minimum Gasteiger partial charge on any atom is -0.486 e. The molecular formula is C15H11ClF2O2. The van der Waals surface area contributed by atoms with Gasteiger partial charge in [-0.15, -0.1) is 0 Å². The van der Waals surface area contributed by atoms with Crippen molar-refractivity contribution in [3.8, 4) is 5.75 Å². The van der Waals surface area contributed by atoms with Gasteiger partial charge in [0.05, 0.1) is 5.02 Å². The number of rotatable bonds is 4. The average molecular weight is 297 g/mol. The second-order valence-corrected chi connectivity index (χ2v) is 4.65. The zero-order valence-electron chi connectivity index (χ0n) is 10.6. The Balaban J connectivity index is 2.10. The Morgan fingerprint density at radius 2 is 1.90 bits per heavy atom. The molecule has 5 heteroatoms. The molecule has 0 spiro atoms. The first kappa shape index (κ1) is 14.5. The van der Waals surface area contributed by atoms with E-state index in [0.29, 0.717) is 5.56 Å². The standard InChI is InChI=1S/C15H11ClF2O2/c1-9(19)11-3-5-15(14(18)7-11)20-8-10-2-4-12(16)13(17)6-10/h2-7H,8H2,1H3. The van der Waals surface area contributed by atoms with E-state index in [4.69, 9.17) is 16.3 Å². The topological polar surface area (TPSA) is 26.3 Å². The summed E-state index contributed by atoms with van der Waals surface area (Å²) >= 11 is 5.56. The fourth-order valence-electron chi connectivity index (χ4n) is 1.63. The van der Waals surface area contributed by atoms with Gasteiger partial charge in [-0.3, -0.25) is 4.79 Å². The Kier molecular flexibility index (Phi) is 4.35. The molecule has 104 valence electrons. The van der Waals surface area contributed by atoms with Crippen LogP contribution in [-0.4, -0.2) is 5.78 Å². The lowest BCUT2D eigenvalue weighted by molar-refractivity contribution is 0.101. The quantitative estimate of drug-likeness (QED) is 0.782. The smallest absolute Gasteiger partial charge is 0.165 e. The first-order chi connectivity index (χ1) is 9.47. The maximum Gasteiger partial charge on any atom is 0.165 e. The molecule has 0 radical (unpaired) electrons. The van der Waals surface area contributed by atoms with Crippen molar-refractivity contribution in [2.24, 2.45) is 0 Å². The molecule has 0 bridgehead atoms. The number of ether oxygens (including phenoxy) is 1. The summed E-state index contributed by atoms with van der Waals surface area (Å²) in [4.78, 5) is 11.1. The van der Waals surface area contributed by atoms with Crippen LogP contribution in [0.15, 0.2) is 36.4 Å². The summed E-state index contributed by atoms with van der Waals surface area (Å²) in [6.45, 7) is 1.36. The van der Waals surface area contributed by atoms with Crippen LogP contribution in [0.5, 0.6) is 5.75 Å². The van der Waals surface area contributed by atoms with Crippen molar-refractivity contribution in [3.63, 3.8) is 0 Å². The van der Waals surface area contributed by atoms with E-state index < -0.39 is 11.6 Å². The molecule has 0 aliphatic rings. The van der Waals surface area contributed by atoms with Gasteiger partial charge in [0.25, 0.3) is 0 Å². The van der Waals surface area contributed by atoms with Crippen LogP contribution >= 0.6 is 11.6 Å². The van der Waals surface area contributed by atoms with E-state index >= 15 is 0 Å². The number of hydrogen-bond acceptors (Lipinski definition) is 2. The number of ketones is 1. The van der Waals surface area contributed by atoms with Crippen LogP contribution in [0.3, 0.4) is 0 Å². The molecule has 2 nitrogen and oxygen atoms in total.